The van der Waals surface area contributed by atoms with E-state index in [2.05, 4.69) is 0 Å². The van der Waals surface area contributed by atoms with Gasteiger partial charge in [-0.15, -0.1) is 0 Å². The first kappa shape index (κ1) is 26.5. The van der Waals surface area contributed by atoms with Crippen molar-refractivity contribution < 1.29 is 40.0 Å². The molecule has 0 saturated heterocycles. The molecule has 0 spiro atoms. The molecule has 0 saturated carbocycles. The van der Waals surface area contributed by atoms with Crippen LogP contribution in [-0.2, 0) is 32.4 Å². The van der Waals surface area contributed by atoms with Crippen molar-refractivity contribution in [2.75, 3.05) is 27.4 Å². The third-order valence-electron chi connectivity index (χ3n) is 4.63. The summed E-state index contributed by atoms with van der Waals surface area (Å²) in [5.41, 5.74) is -0.568. The highest BCUT2D eigenvalue weighted by Crippen LogP contribution is 2.34. The van der Waals surface area contributed by atoms with Crippen LogP contribution in [0, 0.1) is 0 Å². The average molecular weight is 490 g/mol. The summed E-state index contributed by atoms with van der Waals surface area (Å²) in [6, 6.07) is 7.75. The zero-order valence-electron chi connectivity index (χ0n) is 18.5. The van der Waals surface area contributed by atoms with Crippen molar-refractivity contribution >= 4 is 16.0 Å². The van der Waals surface area contributed by atoms with E-state index in [1.807, 2.05) is 6.92 Å². The Morgan fingerprint density at radius 2 is 1.79 bits per heavy atom. The van der Waals surface area contributed by atoms with Crippen LogP contribution < -0.4 is 8.92 Å². The second kappa shape index (κ2) is 11.4. The molecule has 0 aliphatic carbocycles. The SMILES string of the molecule is CCCC(=O)N(CCOC)Cc1ccc(OC)c(OS(=O)(=O)c2cccc(C(F)(F)F)c2)c1. The number of benzene rings is 2. The van der Waals surface area contributed by atoms with Gasteiger partial charge in [-0.3, -0.25) is 4.79 Å². The topological polar surface area (TPSA) is 82.1 Å². The van der Waals surface area contributed by atoms with Crippen molar-refractivity contribution in [2.24, 2.45) is 0 Å². The summed E-state index contributed by atoms with van der Waals surface area (Å²) in [5, 5.41) is 0. The number of alkyl halides is 3. The second-order valence-corrected chi connectivity index (χ2v) is 8.65. The zero-order chi connectivity index (χ0) is 24.6. The molecule has 0 aromatic heterocycles. The van der Waals surface area contributed by atoms with E-state index in [9.17, 15) is 26.4 Å². The Labute approximate surface area is 191 Å². The lowest BCUT2D eigenvalue weighted by atomic mass is 10.1. The van der Waals surface area contributed by atoms with Gasteiger partial charge in [-0.25, -0.2) is 0 Å². The minimum Gasteiger partial charge on any atom is -0.493 e. The van der Waals surface area contributed by atoms with Crippen molar-refractivity contribution in [1.29, 1.82) is 0 Å². The number of ether oxygens (including phenoxy) is 2. The highest BCUT2D eigenvalue weighted by molar-refractivity contribution is 7.87. The van der Waals surface area contributed by atoms with Gasteiger partial charge in [0.05, 0.1) is 19.3 Å². The first-order chi connectivity index (χ1) is 15.5. The molecule has 0 bridgehead atoms. The van der Waals surface area contributed by atoms with E-state index in [0.717, 1.165) is 18.2 Å². The lowest BCUT2D eigenvalue weighted by Gasteiger charge is -2.23. The van der Waals surface area contributed by atoms with Gasteiger partial charge in [0.2, 0.25) is 5.91 Å². The van der Waals surface area contributed by atoms with Gasteiger partial charge in [0, 0.05) is 26.6 Å². The Morgan fingerprint density at radius 1 is 1.06 bits per heavy atom. The lowest BCUT2D eigenvalue weighted by Crippen LogP contribution is -2.33. The molecule has 0 aliphatic heterocycles. The standard InChI is InChI=1S/C22H26F3NO6S/c1-4-6-21(27)26(11-12-30-2)15-16-9-10-19(31-3)20(13-16)32-33(28,29)18-8-5-7-17(14-18)22(23,24)25/h5,7-10,13-14H,4,6,11-12,15H2,1-3H3. The fourth-order valence-corrected chi connectivity index (χ4v) is 3.94. The number of carbonyl (C=O) groups excluding carboxylic acids is 1. The van der Waals surface area contributed by atoms with Gasteiger partial charge in [0.15, 0.2) is 11.5 Å². The van der Waals surface area contributed by atoms with Gasteiger partial charge in [-0.05, 0) is 42.3 Å². The predicted octanol–water partition coefficient (Wildman–Crippen LogP) is 4.26. The van der Waals surface area contributed by atoms with Crippen LogP contribution in [0.1, 0.15) is 30.9 Å². The fourth-order valence-electron chi connectivity index (χ4n) is 2.96. The van der Waals surface area contributed by atoms with Gasteiger partial charge >= 0.3 is 16.3 Å². The van der Waals surface area contributed by atoms with E-state index in [0.29, 0.717) is 37.6 Å². The molecule has 11 heteroatoms. The molecule has 182 valence electrons. The van der Waals surface area contributed by atoms with Gasteiger partial charge in [-0.2, -0.15) is 21.6 Å². The first-order valence-corrected chi connectivity index (χ1v) is 11.5. The maximum Gasteiger partial charge on any atom is 0.416 e. The van der Waals surface area contributed by atoms with Crippen LogP contribution >= 0.6 is 0 Å². The summed E-state index contributed by atoms with van der Waals surface area (Å²) in [5.74, 6) is -0.232. The third-order valence-corrected chi connectivity index (χ3v) is 5.86. The molecule has 0 N–H and O–H groups in total. The maximum atomic E-state index is 13.0. The molecule has 0 unspecified atom stereocenters. The van der Waals surface area contributed by atoms with Crippen molar-refractivity contribution in [3.63, 3.8) is 0 Å². The lowest BCUT2D eigenvalue weighted by molar-refractivity contribution is -0.137. The van der Waals surface area contributed by atoms with Gasteiger partial charge < -0.3 is 18.6 Å². The molecule has 7 nitrogen and oxygen atoms in total. The van der Waals surface area contributed by atoms with E-state index in [1.54, 1.807) is 11.0 Å². The van der Waals surface area contributed by atoms with Crippen LogP contribution in [0.5, 0.6) is 11.5 Å². The van der Waals surface area contributed by atoms with Crippen LogP contribution in [-0.4, -0.2) is 46.6 Å². The minimum absolute atomic E-state index is 0.0672. The second-order valence-electron chi connectivity index (χ2n) is 7.11. The van der Waals surface area contributed by atoms with Gasteiger partial charge in [-0.1, -0.05) is 19.1 Å². The molecule has 2 aromatic rings. The molecule has 0 atom stereocenters. The Bertz CT molecular complexity index is 1060. The largest absolute Gasteiger partial charge is 0.493 e. The first-order valence-electron chi connectivity index (χ1n) is 10.1. The van der Waals surface area contributed by atoms with Crippen LogP contribution in [0.2, 0.25) is 0 Å². The smallest absolute Gasteiger partial charge is 0.416 e. The summed E-state index contributed by atoms with van der Waals surface area (Å²) in [4.78, 5) is 13.3. The maximum absolute atomic E-state index is 13.0. The molecule has 0 fully saturated rings. The van der Waals surface area contributed by atoms with Gasteiger partial charge in [0.1, 0.15) is 4.90 Å². The molecule has 0 heterocycles. The van der Waals surface area contributed by atoms with Crippen LogP contribution in [0.3, 0.4) is 0 Å². The Hall–Kier alpha value is -2.79. The minimum atomic E-state index is -4.71. The molecular formula is C22H26F3NO6S. The van der Waals surface area contributed by atoms with Crippen molar-refractivity contribution in [2.45, 2.75) is 37.4 Å². The summed E-state index contributed by atoms with van der Waals surface area (Å²) < 4.78 is 79.7. The van der Waals surface area contributed by atoms with E-state index in [4.69, 9.17) is 13.7 Å². The number of methoxy groups -OCH3 is 2. The van der Waals surface area contributed by atoms with Crippen molar-refractivity contribution in [3.05, 3.63) is 53.6 Å². The molecule has 1 amide bonds. The normalized spacial score (nSPS) is 11.8. The van der Waals surface area contributed by atoms with Crippen LogP contribution in [0.4, 0.5) is 13.2 Å². The molecule has 33 heavy (non-hydrogen) atoms. The summed E-state index contributed by atoms with van der Waals surface area (Å²) >= 11 is 0. The Morgan fingerprint density at radius 3 is 2.39 bits per heavy atom. The van der Waals surface area contributed by atoms with Crippen molar-refractivity contribution in [1.82, 2.24) is 4.90 Å². The quantitative estimate of drug-likeness (QED) is 0.439. The van der Waals surface area contributed by atoms with Crippen molar-refractivity contribution in [3.8, 4) is 11.5 Å². The monoisotopic (exact) mass is 489 g/mol. The highest BCUT2D eigenvalue weighted by Gasteiger charge is 2.32. The summed E-state index contributed by atoms with van der Waals surface area (Å²) in [6.07, 6.45) is -3.71. The fraction of sp³-hybridized carbons (Fsp3) is 0.409. The number of hydrogen-bond donors (Lipinski definition) is 0. The number of halogens is 3. The van der Waals surface area contributed by atoms with Crippen LogP contribution in [0.25, 0.3) is 0 Å². The predicted molar refractivity (Wildman–Crippen MR) is 114 cm³/mol. The Balaban J connectivity index is 2.35. The number of nitrogens with zero attached hydrogens (tertiary/aromatic N) is 1. The Kier molecular flexibility index (Phi) is 9.12. The molecular weight excluding hydrogens is 463 g/mol. The van der Waals surface area contributed by atoms with E-state index in [-0.39, 0.29) is 24.0 Å². The van der Waals surface area contributed by atoms with Gasteiger partial charge in [0.25, 0.3) is 0 Å². The average Bonchev–Trinajstić information content (AvgIpc) is 2.76. The number of rotatable bonds is 11. The third kappa shape index (κ3) is 7.36. The number of hydrogen-bond acceptors (Lipinski definition) is 6. The number of amides is 1. The van der Waals surface area contributed by atoms with E-state index >= 15 is 0 Å². The summed E-state index contributed by atoms with van der Waals surface area (Å²) in [7, 11) is -1.78. The molecule has 2 rings (SSSR count). The van der Waals surface area contributed by atoms with Crippen LogP contribution in [0.15, 0.2) is 47.4 Å². The molecule has 2 aromatic carbocycles. The zero-order valence-corrected chi connectivity index (χ0v) is 19.3. The molecule has 0 aliphatic rings. The van der Waals surface area contributed by atoms with E-state index in [1.165, 1.54) is 26.4 Å². The molecule has 0 radical (unpaired) electrons. The van der Waals surface area contributed by atoms with E-state index < -0.39 is 26.8 Å². The number of carbonyl (C=O) groups is 1. The highest BCUT2D eigenvalue weighted by atomic mass is 32.2. The summed E-state index contributed by atoms with van der Waals surface area (Å²) in [6.45, 7) is 2.69.